The Morgan fingerprint density at radius 3 is 2.86 bits per heavy atom. The zero-order valence-electron chi connectivity index (χ0n) is 12.7. The van der Waals surface area contributed by atoms with Crippen molar-refractivity contribution < 1.29 is 19.8 Å². The lowest BCUT2D eigenvalue weighted by molar-refractivity contribution is -0.137. The summed E-state index contributed by atoms with van der Waals surface area (Å²) in [4.78, 5) is 23.9. The zero-order chi connectivity index (χ0) is 16.1. The van der Waals surface area contributed by atoms with E-state index in [2.05, 4.69) is 5.32 Å². The van der Waals surface area contributed by atoms with Crippen molar-refractivity contribution in [2.45, 2.75) is 32.3 Å². The quantitative estimate of drug-likeness (QED) is 0.675. The van der Waals surface area contributed by atoms with Crippen LogP contribution in [0.1, 0.15) is 37.0 Å². The van der Waals surface area contributed by atoms with Gasteiger partial charge in [-0.15, -0.1) is 0 Å². The second kappa shape index (κ2) is 7.38. The lowest BCUT2D eigenvalue weighted by Gasteiger charge is -2.21. The van der Waals surface area contributed by atoms with Gasteiger partial charge in [0.1, 0.15) is 0 Å². The molecule has 6 nitrogen and oxygen atoms in total. The van der Waals surface area contributed by atoms with E-state index in [-0.39, 0.29) is 12.3 Å². The molecule has 6 heteroatoms. The molecule has 1 aromatic carbocycles. The number of carboxylic acid groups (broad SMARTS) is 1. The first-order valence-corrected chi connectivity index (χ1v) is 7.54. The van der Waals surface area contributed by atoms with Gasteiger partial charge in [-0.1, -0.05) is 19.1 Å². The molecule has 0 aromatic heterocycles. The summed E-state index contributed by atoms with van der Waals surface area (Å²) in [5.74, 6) is -0.831. The number of carbonyl (C=O) groups excluding carboxylic acids is 1. The topological polar surface area (TPSA) is 89.9 Å². The van der Waals surface area contributed by atoms with Gasteiger partial charge in [0.15, 0.2) is 0 Å². The Labute approximate surface area is 129 Å². The molecule has 1 heterocycles. The van der Waals surface area contributed by atoms with Gasteiger partial charge in [-0.2, -0.15) is 0 Å². The van der Waals surface area contributed by atoms with Gasteiger partial charge in [0.2, 0.25) is 5.91 Å². The van der Waals surface area contributed by atoms with E-state index in [1.54, 1.807) is 0 Å². The zero-order valence-corrected chi connectivity index (χ0v) is 12.7. The molecular formula is C16H22N2O4. The molecule has 1 aliphatic rings. The van der Waals surface area contributed by atoms with Crippen LogP contribution in [0.4, 0.5) is 5.69 Å². The van der Waals surface area contributed by atoms with Gasteiger partial charge in [0.05, 0.1) is 18.9 Å². The highest BCUT2D eigenvalue weighted by atomic mass is 16.4. The van der Waals surface area contributed by atoms with E-state index in [1.165, 1.54) is 0 Å². The maximum absolute atomic E-state index is 11.3. The maximum atomic E-state index is 11.3. The Kier molecular flexibility index (Phi) is 5.51. The molecule has 0 aliphatic carbocycles. The van der Waals surface area contributed by atoms with Crippen molar-refractivity contribution in [3.05, 3.63) is 29.3 Å². The largest absolute Gasteiger partial charge is 0.481 e. The smallest absolute Gasteiger partial charge is 0.304 e. The van der Waals surface area contributed by atoms with E-state index in [9.17, 15) is 14.7 Å². The minimum absolute atomic E-state index is 0.0209. The van der Waals surface area contributed by atoms with Crippen LogP contribution in [0.3, 0.4) is 0 Å². The minimum Gasteiger partial charge on any atom is -0.481 e. The van der Waals surface area contributed by atoms with E-state index in [1.807, 2.05) is 30.0 Å². The standard InChI is InChI=1S/C16H22N2O4/c1-2-18(8-6-16(21)22)7-5-14(19)11-3-4-13-12(9-11)10-15(20)17-13/h3-4,9,14,19H,2,5-8,10H2,1H3,(H,17,20)(H,21,22). The molecule has 0 radical (unpaired) electrons. The van der Waals surface area contributed by atoms with Gasteiger partial charge >= 0.3 is 5.97 Å². The molecule has 0 saturated carbocycles. The first-order chi connectivity index (χ1) is 10.5. The number of nitrogens with one attached hydrogen (secondary N) is 1. The van der Waals surface area contributed by atoms with Crippen LogP contribution in [0, 0.1) is 0 Å². The van der Waals surface area contributed by atoms with Gasteiger partial charge in [-0.05, 0) is 30.2 Å². The van der Waals surface area contributed by atoms with Crippen LogP contribution in [-0.4, -0.2) is 46.6 Å². The average Bonchev–Trinajstić information content (AvgIpc) is 2.85. The predicted molar refractivity (Wildman–Crippen MR) is 82.7 cm³/mol. The summed E-state index contributed by atoms with van der Waals surface area (Å²) in [6.45, 7) is 3.85. The molecule has 1 unspecified atom stereocenters. The van der Waals surface area contributed by atoms with Gasteiger partial charge in [-0.25, -0.2) is 0 Å². The number of rotatable bonds is 8. The third-order valence-corrected chi connectivity index (χ3v) is 3.95. The van der Waals surface area contributed by atoms with Crippen LogP contribution < -0.4 is 5.32 Å². The Morgan fingerprint density at radius 1 is 1.41 bits per heavy atom. The van der Waals surface area contributed by atoms with E-state index < -0.39 is 12.1 Å². The number of hydrogen-bond donors (Lipinski definition) is 3. The van der Waals surface area contributed by atoms with Crippen molar-refractivity contribution in [1.82, 2.24) is 4.90 Å². The number of carbonyl (C=O) groups is 2. The third-order valence-electron chi connectivity index (χ3n) is 3.95. The number of aliphatic hydroxyl groups excluding tert-OH is 1. The normalized spacial score (nSPS) is 14.8. The van der Waals surface area contributed by atoms with Crippen molar-refractivity contribution in [3.63, 3.8) is 0 Å². The van der Waals surface area contributed by atoms with E-state index >= 15 is 0 Å². The Bertz CT molecular complexity index is 559. The third kappa shape index (κ3) is 4.29. The number of fused-ring (bicyclic) bond motifs is 1. The molecule has 1 aromatic rings. The van der Waals surface area contributed by atoms with Gasteiger partial charge < -0.3 is 20.4 Å². The number of hydrogen-bond acceptors (Lipinski definition) is 4. The molecule has 2 rings (SSSR count). The lowest BCUT2D eigenvalue weighted by Crippen LogP contribution is -2.28. The van der Waals surface area contributed by atoms with Gasteiger partial charge in [0, 0.05) is 18.8 Å². The highest BCUT2D eigenvalue weighted by molar-refractivity contribution is 5.99. The molecule has 1 aliphatic heterocycles. The van der Waals surface area contributed by atoms with Crippen LogP contribution in [-0.2, 0) is 16.0 Å². The Hall–Kier alpha value is -1.92. The van der Waals surface area contributed by atoms with Crippen LogP contribution in [0.25, 0.3) is 0 Å². The van der Waals surface area contributed by atoms with Crippen LogP contribution in [0.2, 0.25) is 0 Å². The molecule has 0 spiro atoms. The van der Waals surface area contributed by atoms with Crippen molar-refractivity contribution in [1.29, 1.82) is 0 Å². The van der Waals surface area contributed by atoms with E-state index in [0.717, 1.165) is 23.4 Å². The van der Waals surface area contributed by atoms with E-state index in [4.69, 9.17) is 5.11 Å². The number of carboxylic acids is 1. The fraction of sp³-hybridized carbons (Fsp3) is 0.500. The summed E-state index contributed by atoms with van der Waals surface area (Å²) in [5, 5.41) is 21.8. The highest BCUT2D eigenvalue weighted by Gasteiger charge is 2.19. The predicted octanol–water partition coefficient (Wildman–Crippen LogP) is 1.40. The van der Waals surface area contributed by atoms with Crippen molar-refractivity contribution in [2.75, 3.05) is 25.0 Å². The second-order valence-corrected chi connectivity index (χ2v) is 5.52. The average molecular weight is 306 g/mol. The summed E-state index contributed by atoms with van der Waals surface area (Å²) in [5.41, 5.74) is 2.53. The number of anilines is 1. The number of aliphatic carboxylic acids is 1. The molecule has 3 N–H and O–H groups in total. The fourth-order valence-corrected chi connectivity index (χ4v) is 2.61. The van der Waals surface area contributed by atoms with Crippen molar-refractivity contribution >= 4 is 17.6 Å². The molecular weight excluding hydrogens is 284 g/mol. The number of aliphatic hydroxyl groups is 1. The molecule has 120 valence electrons. The summed E-state index contributed by atoms with van der Waals surface area (Å²) in [7, 11) is 0. The number of nitrogens with zero attached hydrogens (tertiary/aromatic N) is 1. The molecule has 1 atom stereocenters. The lowest BCUT2D eigenvalue weighted by atomic mass is 10.0. The first kappa shape index (κ1) is 16.5. The molecule has 22 heavy (non-hydrogen) atoms. The maximum Gasteiger partial charge on any atom is 0.304 e. The molecule has 1 amide bonds. The highest BCUT2D eigenvalue weighted by Crippen LogP contribution is 2.27. The first-order valence-electron chi connectivity index (χ1n) is 7.54. The van der Waals surface area contributed by atoms with E-state index in [0.29, 0.717) is 25.9 Å². The molecule has 0 saturated heterocycles. The van der Waals surface area contributed by atoms with Crippen LogP contribution in [0.5, 0.6) is 0 Å². The number of benzene rings is 1. The number of amides is 1. The Morgan fingerprint density at radius 2 is 2.18 bits per heavy atom. The summed E-state index contributed by atoms with van der Waals surface area (Å²) in [6, 6.07) is 5.51. The fourth-order valence-electron chi connectivity index (χ4n) is 2.61. The second-order valence-electron chi connectivity index (χ2n) is 5.52. The van der Waals surface area contributed by atoms with Crippen LogP contribution in [0.15, 0.2) is 18.2 Å². The van der Waals surface area contributed by atoms with Crippen LogP contribution >= 0.6 is 0 Å². The summed E-state index contributed by atoms with van der Waals surface area (Å²) < 4.78 is 0. The van der Waals surface area contributed by atoms with Gasteiger partial charge in [-0.3, -0.25) is 9.59 Å². The molecule has 0 fully saturated rings. The summed E-state index contributed by atoms with van der Waals surface area (Å²) >= 11 is 0. The Balaban J connectivity index is 1.89. The van der Waals surface area contributed by atoms with Gasteiger partial charge in [0.25, 0.3) is 0 Å². The monoisotopic (exact) mass is 306 g/mol. The minimum atomic E-state index is -0.810. The van der Waals surface area contributed by atoms with Crippen molar-refractivity contribution in [3.8, 4) is 0 Å². The molecule has 0 bridgehead atoms. The summed E-state index contributed by atoms with van der Waals surface area (Å²) in [6.07, 6.45) is 0.389. The van der Waals surface area contributed by atoms with Crippen molar-refractivity contribution in [2.24, 2.45) is 0 Å². The SMILES string of the molecule is CCN(CCC(=O)O)CCC(O)c1ccc2c(c1)CC(=O)N2.